The molecule has 0 radical (unpaired) electrons. The first-order chi connectivity index (χ1) is 29.4. The predicted octanol–water partition coefficient (Wildman–Crippen LogP) is 6.28. The monoisotopic (exact) mass is 864 g/mol. The Labute approximate surface area is 355 Å². The van der Waals surface area contributed by atoms with Crippen LogP contribution in [0.25, 0.3) is 6.08 Å². The number of nitrogens with zero attached hydrogens (tertiary/aromatic N) is 6. The van der Waals surface area contributed by atoms with Gasteiger partial charge in [0.25, 0.3) is 0 Å². The first-order valence-corrected chi connectivity index (χ1v) is 20.9. The van der Waals surface area contributed by atoms with Crippen molar-refractivity contribution in [2.75, 3.05) is 39.4 Å². The summed E-state index contributed by atoms with van der Waals surface area (Å²) in [5, 5.41) is 11.9. The van der Waals surface area contributed by atoms with E-state index in [1.165, 1.54) is 67.1 Å². The van der Waals surface area contributed by atoms with Gasteiger partial charge in [-0.25, -0.2) is 32.4 Å². The highest BCUT2D eigenvalue weighted by molar-refractivity contribution is 8.00. The number of carbonyl (C=O) groups excluding carboxylic acids is 3. The van der Waals surface area contributed by atoms with E-state index in [1.54, 1.807) is 30.1 Å². The minimum Gasteiger partial charge on any atom is -0.422 e. The number of carbonyl (C=O) groups is 3. The summed E-state index contributed by atoms with van der Waals surface area (Å²) >= 11 is 1.25. The molecule has 3 fully saturated rings. The van der Waals surface area contributed by atoms with Crippen molar-refractivity contribution in [1.82, 2.24) is 24.6 Å². The van der Waals surface area contributed by atoms with Gasteiger partial charge in [0.05, 0.1) is 36.6 Å². The largest absolute Gasteiger partial charge is 0.512 e. The molecule has 3 atom stereocenters. The summed E-state index contributed by atoms with van der Waals surface area (Å²) in [5.41, 5.74) is -1.60. The van der Waals surface area contributed by atoms with Gasteiger partial charge in [-0.3, -0.25) is 4.79 Å². The SMILES string of the molecule is CC(OC(=O)C=CC(=O)N1CCC(N2CCCC2)CC1)OC(=O)OC(Cn1cncn1)(c1ccc(F)cc1F)C(C)SC1COC(C=CC=Cc2ccc(C#N)cc2F)OC1. The van der Waals surface area contributed by atoms with Gasteiger partial charge in [-0.15, -0.1) is 11.8 Å². The van der Waals surface area contributed by atoms with E-state index < -0.39 is 53.0 Å². The number of hydrogen-bond donors (Lipinski definition) is 0. The molecule has 2 aromatic carbocycles. The molecule has 18 heteroatoms. The maximum atomic E-state index is 15.8. The third kappa shape index (κ3) is 12.3. The van der Waals surface area contributed by atoms with Crippen LogP contribution in [0.2, 0.25) is 0 Å². The summed E-state index contributed by atoms with van der Waals surface area (Å²) in [6, 6.07) is 9.36. The number of aromatic nitrogens is 3. The molecule has 4 heterocycles. The highest BCUT2D eigenvalue weighted by atomic mass is 32.2. The Morgan fingerprint density at radius 2 is 1.74 bits per heavy atom. The topological polar surface area (TPSA) is 158 Å². The van der Waals surface area contributed by atoms with Crippen molar-refractivity contribution in [3.8, 4) is 6.07 Å². The molecule has 0 N–H and O–H groups in total. The number of likely N-dealkylation sites (tertiary alicyclic amines) is 2. The molecule has 324 valence electrons. The standard InChI is InChI=1S/C43H47F3N6O8S/c1-29(61-35-24-56-41(57-25-35)8-4-3-7-32-10-9-31(23-47)21-37(32)45)43(26-52-28-48-27-49-52,36-12-11-33(44)22-38(36)46)60-42(55)59-30(2)58-40(54)14-13-39(53)51-19-15-34(16-20-51)50-17-5-6-18-50/h3-4,7-14,21-22,27-30,34-35,41H,5-6,15-20,24-26H2,1-2H3. The molecular weight excluding hydrogens is 818 g/mol. The number of rotatable bonds is 15. The Bertz CT molecular complexity index is 2110. The van der Waals surface area contributed by atoms with E-state index in [9.17, 15) is 23.2 Å². The van der Waals surface area contributed by atoms with Crippen LogP contribution >= 0.6 is 11.8 Å². The lowest BCUT2D eigenvalue weighted by atomic mass is 9.89. The lowest BCUT2D eigenvalue weighted by molar-refractivity contribution is -0.166. The van der Waals surface area contributed by atoms with Crippen molar-refractivity contribution >= 4 is 35.9 Å². The second-order valence-corrected chi connectivity index (χ2v) is 16.4. The number of ether oxygens (including phenoxy) is 5. The van der Waals surface area contributed by atoms with Gasteiger partial charge in [0.15, 0.2) is 11.9 Å². The van der Waals surface area contributed by atoms with Crippen molar-refractivity contribution in [1.29, 1.82) is 5.26 Å². The summed E-state index contributed by atoms with van der Waals surface area (Å²) in [5.74, 6) is -3.67. The van der Waals surface area contributed by atoms with E-state index in [1.807, 2.05) is 6.07 Å². The molecule has 6 rings (SSSR count). The minimum absolute atomic E-state index is 0.160. The normalized spacial score (nSPS) is 21.0. The average molecular weight is 865 g/mol. The number of amides is 1. The van der Waals surface area contributed by atoms with Crippen LogP contribution in [0.5, 0.6) is 0 Å². The van der Waals surface area contributed by atoms with Crippen molar-refractivity contribution in [3.05, 3.63) is 114 Å². The van der Waals surface area contributed by atoms with Gasteiger partial charge in [0, 0.05) is 60.7 Å². The Morgan fingerprint density at radius 1 is 0.984 bits per heavy atom. The second-order valence-electron chi connectivity index (χ2n) is 14.7. The van der Waals surface area contributed by atoms with Gasteiger partial charge in [-0.05, 0) is 76.0 Å². The van der Waals surface area contributed by atoms with Crippen molar-refractivity contribution < 1.29 is 51.2 Å². The third-order valence-corrected chi connectivity index (χ3v) is 12.0. The van der Waals surface area contributed by atoms with E-state index in [0.717, 1.165) is 56.3 Å². The highest BCUT2D eigenvalue weighted by Gasteiger charge is 2.47. The molecule has 0 aliphatic carbocycles. The van der Waals surface area contributed by atoms with Crippen LogP contribution in [0, 0.1) is 28.8 Å². The summed E-state index contributed by atoms with van der Waals surface area (Å²) in [7, 11) is 0. The zero-order chi connectivity index (χ0) is 43.4. The molecule has 3 aliphatic heterocycles. The molecule has 3 aromatic rings. The maximum absolute atomic E-state index is 15.8. The zero-order valence-corrected chi connectivity index (χ0v) is 34.6. The van der Waals surface area contributed by atoms with Crippen LogP contribution in [0.15, 0.2) is 79.4 Å². The number of nitriles is 1. The Kier molecular flexibility index (Phi) is 15.8. The van der Waals surface area contributed by atoms with E-state index >= 15 is 4.39 Å². The number of hydrogen-bond acceptors (Lipinski definition) is 13. The van der Waals surface area contributed by atoms with E-state index in [0.29, 0.717) is 30.8 Å². The van der Waals surface area contributed by atoms with Gasteiger partial charge in [-0.1, -0.05) is 24.3 Å². The van der Waals surface area contributed by atoms with Gasteiger partial charge in [0.1, 0.15) is 30.1 Å². The molecule has 61 heavy (non-hydrogen) atoms. The fourth-order valence-electron chi connectivity index (χ4n) is 7.46. The maximum Gasteiger partial charge on any atom is 0.512 e. The molecule has 3 unspecified atom stereocenters. The van der Waals surface area contributed by atoms with E-state index in [-0.39, 0.29) is 42.0 Å². The number of thioether (sulfide) groups is 1. The van der Waals surface area contributed by atoms with Gasteiger partial charge < -0.3 is 33.5 Å². The highest BCUT2D eigenvalue weighted by Crippen LogP contribution is 2.42. The Morgan fingerprint density at radius 3 is 2.41 bits per heavy atom. The van der Waals surface area contributed by atoms with Crippen LogP contribution < -0.4 is 0 Å². The number of esters is 1. The van der Waals surface area contributed by atoms with E-state index in [2.05, 4.69) is 15.0 Å². The van der Waals surface area contributed by atoms with Crippen molar-refractivity contribution in [2.45, 2.75) is 80.8 Å². The fourth-order valence-corrected chi connectivity index (χ4v) is 8.82. The Hall–Kier alpha value is -5.48. The first kappa shape index (κ1) is 45.1. The van der Waals surface area contributed by atoms with Gasteiger partial charge >= 0.3 is 12.1 Å². The Balaban J connectivity index is 1.08. The summed E-state index contributed by atoms with van der Waals surface area (Å²) in [4.78, 5) is 47.2. The summed E-state index contributed by atoms with van der Waals surface area (Å²) < 4.78 is 73.9. The van der Waals surface area contributed by atoms with Gasteiger partial charge in [0.2, 0.25) is 12.2 Å². The molecule has 0 saturated carbocycles. The van der Waals surface area contributed by atoms with Crippen molar-refractivity contribution in [3.63, 3.8) is 0 Å². The molecule has 14 nitrogen and oxygen atoms in total. The van der Waals surface area contributed by atoms with Crippen LogP contribution in [0.1, 0.15) is 56.2 Å². The molecular formula is C43H47F3N6O8S. The molecule has 3 aliphatic rings. The molecule has 3 saturated heterocycles. The van der Waals surface area contributed by atoms with Gasteiger partial charge in [-0.2, -0.15) is 10.4 Å². The molecule has 1 amide bonds. The second kappa shape index (κ2) is 21.4. The smallest absolute Gasteiger partial charge is 0.422 e. The fraction of sp³-hybridized carbons (Fsp3) is 0.442. The first-order valence-electron chi connectivity index (χ1n) is 19.9. The predicted molar refractivity (Wildman–Crippen MR) is 217 cm³/mol. The lowest BCUT2D eigenvalue weighted by Crippen LogP contribution is -2.47. The zero-order valence-electron chi connectivity index (χ0n) is 33.7. The molecule has 0 spiro atoms. The minimum atomic E-state index is -1.92. The van der Waals surface area contributed by atoms with Crippen molar-refractivity contribution in [2.24, 2.45) is 0 Å². The molecule has 1 aromatic heterocycles. The summed E-state index contributed by atoms with van der Waals surface area (Å²) in [6.45, 7) is 6.31. The number of allylic oxidation sites excluding steroid dienone is 2. The van der Waals surface area contributed by atoms with Crippen LogP contribution in [-0.4, -0.2) is 111 Å². The number of piperidine rings is 1. The third-order valence-electron chi connectivity index (χ3n) is 10.6. The lowest BCUT2D eigenvalue weighted by Gasteiger charge is -2.40. The molecule has 0 bridgehead atoms. The van der Waals surface area contributed by atoms with Crippen LogP contribution in [0.3, 0.4) is 0 Å². The summed E-state index contributed by atoms with van der Waals surface area (Å²) in [6.07, 6.45) is 11.6. The van der Waals surface area contributed by atoms with Crippen LogP contribution in [0.4, 0.5) is 18.0 Å². The quantitative estimate of drug-likeness (QED) is 0.0728. The number of benzene rings is 2. The van der Waals surface area contributed by atoms with E-state index in [4.69, 9.17) is 28.9 Å². The number of halogens is 3. The van der Waals surface area contributed by atoms with Crippen LogP contribution in [-0.2, 0) is 45.4 Å². The average Bonchev–Trinajstić information content (AvgIpc) is 3.98.